The third-order valence-corrected chi connectivity index (χ3v) is 6.89. The lowest BCUT2D eigenvalue weighted by Crippen LogP contribution is -2.45. The van der Waals surface area contributed by atoms with Crippen molar-refractivity contribution in [1.82, 2.24) is 10.3 Å². The first-order valence-electron chi connectivity index (χ1n) is 10.0. The molecule has 0 radical (unpaired) electrons. The molecule has 30 heavy (non-hydrogen) atoms. The molecule has 0 amide bonds. The SMILES string of the molecule is Cc1nc(-c2ccc(Cl)cc2)sc1CNC1CCCN(c2ccccc2C(=O)O)C1. The number of piperidine rings is 1. The Bertz CT molecular complexity index is 1040. The van der Waals surface area contributed by atoms with E-state index < -0.39 is 5.97 Å². The third kappa shape index (κ3) is 4.67. The molecule has 0 bridgehead atoms. The van der Waals surface area contributed by atoms with Gasteiger partial charge in [0.15, 0.2) is 0 Å². The van der Waals surface area contributed by atoms with Gasteiger partial charge in [-0.1, -0.05) is 35.9 Å². The number of aromatic nitrogens is 1. The van der Waals surface area contributed by atoms with Crippen LogP contribution in [0.2, 0.25) is 5.02 Å². The van der Waals surface area contributed by atoms with Crippen molar-refractivity contribution in [2.45, 2.75) is 32.4 Å². The highest BCUT2D eigenvalue weighted by atomic mass is 35.5. The summed E-state index contributed by atoms with van der Waals surface area (Å²) in [5.74, 6) is -0.879. The van der Waals surface area contributed by atoms with Crippen LogP contribution in [0, 0.1) is 6.92 Å². The molecule has 1 aliphatic heterocycles. The zero-order valence-electron chi connectivity index (χ0n) is 16.8. The molecule has 0 spiro atoms. The molecule has 0 saturated carbocycles. The van der Waals surface area contributed by atoms with Crippen molar-refractivity contribution in [2.24, 2.45) is 0 Å². The number of aryl methyl sites for hydroxylation is 1. The van der Waals surface area contributed by atoms with Gasteiger partial charge in [-0.3, -0.25) is 0 Å². The van der Waals surface area contributed by atoms with Crippen LogP contribution in [-0.4, -0.2) is 35.2 Å². The summed E-state index contributed by atoms with van der Waals surface area (Å²) in [6, 6.07) is 15.3. The van der Waals surface area contributed by atoms with Crippen LogP contribution in [0.4, 0.5) is 5.69 Å². The van der Waals surface area contributed by atoms with E-state index in [1.165, 1.54) is 4.88 Å². The van der Waals surface area contributed by atoms with Crippen molar-refractivity contribution in [1.29, 1.82) is 0 Å². The van der Waals surface area contributed by atoms with Crippen LogP contribution in [0.25, 0.3) is 10.6 Å². The van der Waals surface area contributed by atoms with Crippen molar-refractivity contribution < 1.29 is 9.90 Å². The number of aromatic carboxylic acids is 1. The summed E-state index contributed by atoms with van der Waals surface area (Å²) in [7, 11) is 0. The zero-order valence-corrected chi connectivity index (χ0v) is 18.3. The molecule has 4 rings (SSSR count). The van der Waals surface area contributed by atoms with E-state index in [4.69, 9.17) is 16.6 Å². The smallest absolute Gasteiger partial charge is 0.337 e. The van der Waals surface area contributed by atoms with E-state index in [1.54, 1.807) is 23.5 Å². The van der Waals surface area contributed by atoms with Crippen molar-refractivity contribution >= 4 is 34.6 Å². The van der Waals surface area contributed by atoms with Gasteiger partial charge in [-0.25, -0.2) is 9.78 Å². The topological polar surface area (TPSA) is 65.5 Å². The normalized spacial score (nSPS) is 16.6. The Morgan fingerprint density at radius 1 is 1.27 bits per heavy atom. The fourth-order valence-corrected chi connectivity index (χ4v) is 4.98. The fraction of sp³-hybridized carbons (Fsp3) is 0.304. The molecule has 156 valence electrons. The lowest BCUT2D eigenvalue weighted by molar-refractivity contribution is 0.0697. The van der Waals surface area contributed by atoms with Gasteiger partial charge in [0.1, 0.15) is 5.01 Å². The second-order valence-corrected chi connectivity index (χ2v) is 9.04. The molecule has 2 heterocycles. The van der Waals surface area contributed by atoms with Gasteiger partial charge < -0.3 is 15.3 Å². The largest absolute Gasteiger partial charge is 0.478 e. The number of hydrogen-bond acceptors (Lipinski definition) is 5. The number of anilines is 1. The fourth-order valence-electron chi connectivity index (χ4n) is 3.84. The summed E-state index contributed by atoms with van der Waals surface area (Å²) in [5.41, 5.74) is 3.29. The van der Waals surface area contributed by atoms with E-state index in [1.807, 2.05) is 43.3 Å². The first kappa shape index (κ1) is 20.8. The molecular weight excluding hydrogens is 418 g/mol. The quantitative estimate of drug-likeness (QED) is 0.548. The number of rotatable bonds is 6. The van der Waals surface area contributed by atoms with Crippen LogP contribution in [0.5, 0.6) is 0 Å². The molecule has 3 aromatic rings. The number of para-hydroxylation sites is 1. The van der Waals surface area contributed by atoms with E-state index in [0.29, 0.717) is 11.6 Å². The number of benzene rings is 2. The van der Waals surface area contributed by atoms with E-state index >= 15 is 0 Å². The summed E-state index contributed by atoms with van der Waals surface area (Å²) >= 11 is 7.69. The van der Waals surface area contributed by atoms with Crippen molar-refractivity contribution in [3.05, 3.63) is 69.7 Å². The second-order valence-electron chi connectivity index (χ2n) is 7.52. The van der Waals surface area contributed by atoms with Crippen LogP contribution >= 0.6 is 22.9 Å². The monoisotopic (exact) mass is 441 g/mol. The van der Waals surface area contributed by atoms with Gasteiger partial charge in [-0.05, 0) is 44.0 Å². The van der Waals surface area contributed by atoms with Gasteiger partial charge in [0.25, 0.3) is 0 Å². The first-order valence-corrected chi connectivity index (χ1v) is 11.2. The Morgan fingerprint density at radius 3 is 2.80 bits per heavy atom. The number of nitrogens with zero attached hydrogens (tertiary/aromatic N) is 2. The highest BCUT2D eigenvalue weighted by Crippen LogP contribution is 2.29. The van der Waals surface area contributed by atoms with Gasteiger partial charge in [-0.2, -0.15) is 0 Å². The lowest BCUT2D eigenvalue weighted by atomic mass is 10.0. The minimum atomic E-state index is -0.879. The molecule has 2 N–H and O–H groups in total. The van der Waals surface area contributed by atoms with E-state index in [0.717, 1.165) is 59.5 Å². The number of thiazole rings is 1. The van der Waals surface area contributed by atoms with Crippen LogP contribution in [-0.2, 0) is 6.54 Å². The molecule has 1 fully saturated rings. The highest BCUT2D eigenvalue weighted by Gasteiger charge is 2.23. The molecular formula is C23H24ClN3O2S. The summed E-state index contributed by atoms with van der Waals surface area (Å²) < 4.78 is 0. The molecule has 1 unspecified atom stereocenters. The van der Waals surface area contributed by atoms with E-state index in [9.17, 15) is 9.90 Å². The number of carbonyl (C=O) groups is 1. The lowest BCUT2D eigenvalue weighted by Gasteiger charge is -2.35. The van der Waals surface area contributed by atoms with Crippen molar-refractivity contribution in [3.8, 4) is 10.6 Å². The molecule has 1 saturated heterocycles. The number of nitrogens with one attached hydrogen (secondary N) is 1. The molecule has 2 aromatic carbocycles. The van der Waals surface area contributed by atoms with Gasteiger partial charge in [0, 0.05) is 41.1 Å². The third-order valence-electron chi connectivity index (χ3n) is 5.43. The van der Waals surface area contributed by atoms with Crippen LogP contribution < -0.4 is 10.2 Å². The Labute approximate surface area is 185 Å². The van der Waals surface area contributed by atoms with Crippen molar-refractivity contribution in [2.75, 3.05) is 18.0 Å². The zero-order chi connectivity index (χ0) is 21.1. The Kier molecular flexibility index (Phi) is 6.37. The number of carboxylic acids is 1. The molecule has 5 nitrogen and oxygen atoms in total. The first-order chi connectivity index (χ1) is 14.5. The Balaban J connectivity index is 1.42. The summed E-state index contributed by atoms with van der Waals surface area (Å²) in [4.78, 5) is 19.7. The average molecular weight is 442 g/mol. The summed E-state index contributed by atoms with van der Waals surface area (Å²) in [5, 5.41) is 14.9. The maximum absolute atomic E-state index is 11.6. The Morgan fingerprint density at radius 2 is 2.03 bits per heavy atom. The average Bonchev–Trinajstić information content (AvgIpc) is 3.13. The second kappa shape index (κ2) is 9.16. The molecule has 7 heteroatoms. The highest BCUT2D eigenvalue weighted by molar-refractivity contribution is 7.15. The number of carboxylic acid groups (broad SMARTS) is 1. The molecule has 0 aliphatic carbocycles. The van der Waals surface area contributed by atoms with Crippen molar-refractivity contribution in [3.63, 3.8) is 0 Å². The van der Waals surface area contributed by atoms with Gasteiger partial charge in [0.05, 0.1) is 16.9 Å². The molecule has 1 aromatic heterocycles. The predicted molar refractivity (Wildman–Crippen MR) is 123 cm³/mol. The predicted octanol–water partition coefficient (Wildman–Crippen LogP) is 5.23. The minimum Gasteiger partial charge on any atom is -0.478 e. The number of halogens is 1. The maximum atomic E-state index is 11.6. The van der Waals surface area contributed by atoms with Crippen LogP contribution in [0.3, 0.4) is 0 Å². The van der Waals surface area contributed by atoms with E-state index in [2.05, 4.69) is 10.2 Å². The standard InChI is InChI=1S/C23H24ClN3O2S/c1-15-21(30-22(26-15)16-8-10-17(24)11-9-16)13-25-18-5-4-12-27(14-18)20-7-3-2-6-19(20)23(28)29/h2-3,6-11,18,25H,4-5,12-14H2,1H3,(H,28,29). The van der Waals surface area contributed by atoms with Gasteiger partial charge >= 0.3 is 5.97 Å². The summed E-state index contributed by atoms with van der Waals surface area (Å²) in [6.07, 6.45) is 2.11. The van der Waals surface area contributed by atoms with Gasteiger partial charge in [0.2, 0.25) is 0 Å². The summed E-state index contributed by atoms with van der Waals surface area (Å²) in [6.45, 7) is 4.48. The number of hydrogen-bond donors (Lipinski definition) is 2. The van der Waals surface area contributed by atoms with Gasteiger partial charge in [-0.15, -0.1) is 11.3 Å². The van der Waals surface area contributed by atoms with E-state index in [-0.39, 0.29) is 0 Å². The Hall–Kier alpha value is -2.41. The van der Waals surface area contributed by atoms with Crippen LogP contribution in [0.15, 0.2) is 48.5 Å². The van der Waals surface area contributed by atoms with Crippen LogP contribution in [0.1, 0.15) is 33.8 Å². The minimum absolute atomic E-state index is 0.307. The molecule has 1 atom stereocenters. The molecule has 1 aliphatic rings. The maximum Gasteiger partial charge on any atom is 0.337 e.